The predicted molar refractivity (Wildman–Crippen MR) is 91.5 cm³/mol. The summed E-state index contributed by atoms with van der Waals surface area (Å²) < 4.78 is 0.934. The molecule has 2 N–H and O–H groups in total. The van der Waals surface area contributed by atoms with Gasteiger partial charge in [0.05, 0.1) is 13.7 Å². The molecule has 20 heavy (non-hydrogen) atoms. The van der Waals surface area contributed by atoms with Gasteiger partial charge in [-0.2, -0.15) is 0 Å². The highest BCUT2D eigenvalue weighted by molar-refractivity contribution is 9.11. The van der Waals surface area contributed by atoms with E-state index in [-0.39, 0.29) is 5.91 Å². The van der Waals surface area contributed by atoms with E-state index in [4.69, 9.17) is 18.0 Å². The average Bonchev–Trinajstić information content (AvgIpc) is 2.86. The van der Waals surface area contributed by atoms with Gasteiger partial charge in [-0.15, -0.1) is 11.3 Å². The van der Waals surface area contributed by atoms with Gasteiger partial charge in [-0.1, -0.05) is 30.4 Å². The van der Waals surface area contributed by atoms with Crippen LogP contribution in [0, 0.1) is 0 Å². The molecule has 0 atom stereocenters. The summed E-state index contributed by atoms with van der Waals surface area (Å²) in [5, 5.41) is 0. The normalized spacial score (nSPS) is 10.2. The summed E-state index contributed by atoms with van der Waals surface area (Å²) in [6, 6.07) is 13.2. The summed E-state index contributed by atoms with van der Waals surface area (Å²) >= 11 is 9.70. The third kappa shape index (κ3) is 3.88. The lowest BCUT2D eigenvalue weighted by Crippen LogP contribution is -2.33. The first-order chi connectivity index (χ1) is 9.58. The van der Waals surface area contributed by atoms with E-state index >= 15 is 0 Å². The van der Waals surface area contributed by atoms with Crippen molar-refractivity contribution < 1.29 is 4.79 Å². The highest BCUT2D eigenvalue weighted by Gasteiger charge is 2.19. The van der Waals surface area contributed by atoms with Crippen LogP contribution in [0.4, 0.5) is 5.69 Å². The number of carbonyl (C=O) groups excluding carboxylic acids is 1. The second kappa shape index (κ2) is 6.97. The van der Waals surface area contributed by atoms with Gasteiger partial charge in [0.1, 0.15) is 0 Å². The first-order valence-electron chi connectivity index (χ1n) is 5.98. The molecule has 2 rings (SSSR count). The maximum atomic E-state index is 12.6. The van der Waals surface area contributed by atoms with Gasteiger partial charge in [-0.05, 0) is 40.2 Å². The molecule has 0 fully saturated rings. The molecule has 0 unspecified atom stereocenters. The number of thiophene rings is 1. The fourth-order valence-electron chi connectivity index (χ4n) is 1.74. The molecule has 0 aliphatic carbocycles. The summed E-state index contributed by atoms with van der Waals surface area (Å²) in [5.74, 6) is -0.0387. The zero-order valence-corrected chi connectivity index (χ0v) is 13.8. The number of nitrogens with zero attached hydrogens (tertiary/aromatic N) is 1. The zero-order chi connectivity index (χ0) is 14.5. The Morgan fingerprint density at radius 2 is 1.95 bits per heavy atom. The summed E-state index contributed by atoms with van der Waals surface area (Å²) in [6.45, 7) is 0.480. The highest BCUT2D eigenvalue weighted by atomic mass is 79.9. The molecular formula is C14H13BrN2OS2. The molecule has 0 saturated carbocycles. The largest absolute Gasteiger partial charge is 0.393 e. The lowest BCUT2D eigenvalue weighted by molar-refractivity contribution is 0.0991. The van der Waals surface area contributed by atoms with Crippen LogP contribution < -0.4 is 10.6 Å². The van der Waals surface area contributed by atoms with Gasteiger partial charge < -0.3 is 10.6 Å². The number of hydrogen-bond donors (Lipinski definition) is 1. The zero-order valence-electron chi connectivity index (χ0n) is 10.6. The van der Waals surface area contributed by atoms with Gasteiger partial charge in [0.2, 0.25) is 0 Å². The van der Waals surface area contributed by atoms with Crippen LogP contribution >= 0.6 is 39.5 Å². The van der Waals surface area contributed by atoms with E-state index in [2.05, 4.69) is 15.9 Å². The van der Waals surface area contributed by atoms with E-state index in [1.54, 1.807) is 4.90 Å². The summed E-state index contributed by atoms with van der Waals surface area (Å²) in [6.07, 6.45) is 0.502. The van der Waals surface area contributed by atoms with Crippen molar-refractivity contribution in [2.24, 2.45) is 5.73 Å². The minimum atomic E-state index is -0.0387. The van der Waals surface area contributed by atoms with Gasteiger partial charge in [-0.25, -0.2) is 0 Å². The van der Waals surface area contributed by atoms with Crippen molar-refractivity contribution >= 4 is 56.1 Å². The number of nitrogens with two attached hydrogens (primary N) is 1. The third-order valence-corrected chi connectivity index (χ3v) is 4.49. The van der Waals surface area contributed by atoms with Crippen molar-refractivity contribution in [3.8, 4) is 0 Å². The number of carbonyl (C=O) groups is 1. The number of halogens is 1. The van der Waals surface area contributed by atoms with E-state index in [1.807, 2.05) is 42.5 Å². The fourth-order valence-corrected chi connectivity index (χ4v) is 3.17. The van der Waals surface area contributed by atoms with E-state index < -0.39 is 0 Å². The molecule has 0 aliphatic heterocycles. The summed E-state index contributed by atoms with van der Waals surface area (Å²) in [7, 11) is 0. The first kappa shape index (κ1) is 15.2. The average molecular weight is 369 g/mol. The van der Waals surface area contributed by atoms with Crippen LogP contribution in [0.3, 0.4) is 0 Å². The molecule has 1 aromatic heterocycles. The van der Waals surface area contributed by atoms with Gasteiger partial charge >= 0.3 is 0 Å². The molecule has 0 spiro atoms. The Hall–Kier alpha value is -1.24. The number of thiocarbonyl (C=S) groups is 1. The first-order valence-corrected chi connectivity index (χ1v) is 8.00. The van der Waals surface area contributed by atoms with Gasteiger partial charge in [0.15, 0.2) is 0 Å². The number of anilines is 1. The lowest BCUT2D eigenvalue weighted by Gasteiger charge is -2.22. The van der Waals surface area contributed by atoms with Crippen LogP contribution in [0.2, 0.25) is 0 Å². The Morgan fingerprint density at radius 3 is 2.50 bits per heavy atom. The highest BCUT2D eigenvalue weighted by Crippen LogP contribution is 2.25. The summed E-state index contributed by atoms with van der Waals surface area (Å²) in [4.78, 5) is 15.4. The molecular weight excluding hydrogens is 356 g/mol. The minimum absolute atomic E-state index is 0.0387. The third-order valence-electron chi connectivity index (χ3n) is 2.68. The van der Waals surface area contributed by atoms with Crippen LogP contribution in [0.1, 0.15) is 16.1 Å². The van der Waals surface area contributed by atoms with Crippen LogP contribution in [0.5, 0.6) is 0 Å². The molecule has 3 nitrogen and oxygen atoms in total. The van der Waals surface area contributed by atoms with Gasteiger partial charge in [0.25, 0.3) is 5.91 Å². The maximum absolute atomic E-state index is 12.6. The standard InChI is InChI=1S/C14H13BrN2OS2/c15-12-7-6-11(20-12)14(18)17(9-8-13(16)19)10-4-2-1-3-5-10/h1-7H,8-9H2,(H2,16,19). The number of rotatable bonds is 5. The van der Waals surface area contributed by atoms with E-state index in [9.17, 15) is 4.79 Å². The number of hydrogen-bond acceptors (Lipinski definition) is 3. The molecule has 0 aliphatic rings. The van der Waals surface area contributed by atoms with Crippen molar-refractivity contribution in [3.05, 3.63) is 51.1 Å². The minimum Gasteiger partial charge on any atom is -0.393 e. The fraction of sp³-hybridized carbons (Fsp3) is 0.143. The molecule has 6 heteroatoms. The Labute approximate surface area is 135 Å². The topological polar surface area (TPSA) is 46.3 Å². The summed E-state index contributed by atoms with van der Waals surface area (Å²) in [5.41, 5.74) is 6.40. The second-order valence-electron chi connectivity index (χ2n) is 4.11. The van der Waals surface area contributed by atoms with Crippen molar-refractivity contribution in [2.45, 2.75) is 6.42 Å². The van der Waals surface area contributed by atoms with Crippen molar-refractivity contribution in [1.29, 1.82) is 0 Å². The Bertz CT molecular complexity index is 613. The smallest absolute Gasteiger partial charge is 0.268 e. The lowest BCUT2D eigenvalue weighted by atomic mass is 10.2. The maximum Gasteiger partial charge on any atom is 0.268 e. The Morgan fingerprint density at radius 1 is 1.25 bits per heavy atom. The SMILES string of the molecule is NC(=S)CCN(C(=O)c1ccc(Br)s1)c1ccccc1. The van der Waals surface area contributed by atoms with E-state index in [1.165, 1.54) is 11.3 Å². The van der Waals surface area contributed by atoms with Gasteiger partial charge in [0, 0.05) is 18.7 Å². The van der Waals surface area contributed by atoms with Crippen LogP contribution in [-0.2, 0) is 0 Å². The van der Waals surface area contributed by atoms with E-state index in [0.29, 0.717) is 22.8 Å². The van der Waals surface area contributed by atoms with Crippen LogP contribution in [-0.4, -0.2) is 17.4 Å². The molecule has 1 amide bonds. The van der Waals surface area contributed by atoms with E-state index in [0.717, 1.165) is 9.47 Å². The quantitative estimate of drug-likeness (QED) is 0.815. The van der Waals surface area contributed by atoms with Crippen LogP contribution in [0.15, 0.2) is 46.3 Å². The van der Waals surface area contributed by atoms with Crippen molar-refractivity contribution in [3.63, 3.8) is 0 Å². The molecule has 1 aromatic carbocycles. The predicted octanol–water partition coefficient (Wildman–Crippen LogP) is 3.83. The number of para-hydroxylation sites is 1. The second-order valence-corrected chi connectivity index (χ2v) is 7.10. The Balaban J connectivity index is 2.26. The molecule has 0 radical (unpaired) electrons. The molecule has 1 heterocycles. The molecule has 104 valence electrons. The molecule has 0 saturated heterocycles. The van der Waals surface area contributed by atoms with Gasteiger partial charge in [-0.3, -0.25) is 4.79 Å². The molecule has 0 bridgehead atoms. The van der Waals surface area contributed by atoms with Crippen molar-refractivity contribution in [2.75, 3.05) is 11.4 Å². The van der Waals surface area contributed by atoms with Crippen molar-refractivity contribution in [1.82, 2.24) is 0 Å². The Kier molecular flexibility index (Phi) is 5.28. The molecule has 2 aromatic rings. The van der Waals surface area contributed by atoms with Crippen LogP contribution in [0.25, 0.3) is 0 Å². The number of amides is 1. The number of benzene rings is 1. The monoisotopic (exact) mass is 368 g/mol.